The van der Waals surface area contributed by atoms with Gasteiger partial charge in [0.15, 0.2) is 5.82 Å². The minimum Gasteiger partial charge on any atom is -0.364 e. The lowest BCUT2D eigenvalue weighted by Crippen LogP contribution is -2.21. The molecule has 2 aromatic heterocycles. The molecule has 0 bridgehead atoms. The van der Waals surface area contributed by atoms with E-state index in [0.717, 1.165) is 20.3 Å². The second kappa shape index (κ2) is 10.0. The zero-order chi connectivity index (χ0) is 26.1. The Bertz CT molecular complexity index is 1550. The smallest absolute Gasteiger partial charge is 0.265 e. The first-order valence-electron chi connectivity index (χ1n) is 10.7. The van der Waals surface area contributed by atoms with Crippen LogP contribution in [0.5, 0.6) is 0 Å². The molecule has 2 amide bonds. The van der Waals surface area contributed by atoms with Gasteiger partial charge < -0.3 is 21.8 Å². The van der Waals surface area contributed by atoms with Crippen LogP contribution in [0.15, 0.2) is 58.7 Å². The van der Waals surface area contributed by atoms with Crippen LogP contribution in [0.25, 0.3) is 10.1 Å². The summed E-state index contributed by atoms with van der Waals surface area (Å²) >= 11 is 4.71. The molecule has 0 radical (unpaired) electrons. The van der Waals surface area contributed by atoms with Gasteiger partial charge in [0, 0.05) is 33.5 Å². The lowest BCUT2D eigenvalue weighted by molar-refractivity contribution is -0.114. The Morgan fingerprint density at radius 3 is 2.58 bits per heavy atom. The van der Waals surface area contributed by atoms with Crippen molar-refractivity contribution < 1.29 is 14.0 Å². The highest BCUT2D eigenvalue weighted by atomic mass is 79.9. The number of rotatable bonds is 7. The van der Waals surface area contributed by atoms with Crippen molar-refractivity contribution >= 4 is 66.4 Å². The minimum absolute atomic E-state index is 0.0387. The Kier molecular flexibility index (Phi) is 7.04. The predicted molar refractivity (Wildman–Crippen MR) is 144 cm³/mol. The highest BCUT2D eigenvalue weighted by molar-refractivity contribution is 9.10. The molecule has 0 aliphatic carbocycles. The van der Waals surface area contributed by atoms with E-state index in [2.05, 4.69) is 31.7 Å². The number of fused-ring (bicyclic) bond motifs is 1. The first-order valence-corrected chi connectivity index (χ1v) is 12.3. The lowest BCUT2D eigenvalue weighted by atomic mass is 10.0. The van der Waals surface area contributed by atoms with E-state index in [1.165, 1.54) is 29.5 Å². The first-order chi connectivity index (χ1) is 17.0. The monoisotopic (exact) mass is 568 g/mol. The second-order valence-electron chi connectivity index (χ2n) is 8.10. The van der Waals surface area contributed by atoms with E-state index in [9.17, 15) is 14.0 Å². The molecule has 0 fully saturated rings. The topological polar surface area (TPSA) is 126 Å². The maximum atomic E-state index is 14.7. The lowest BCUT2D eigenvalue weighted by Gasteiger charge is -2.13. The molecular formula is C25H22BrFN6O2S. The van der Waals surface area contributed by atoms with Crippen molar-refractivity contribution in [1.82, 2.24) is 9.78 Å². The Morgan fingerprint density at radius 1 is 1.17 bits per heavy atom. The summed E-state index contributed by atoms with van der Waals surface area (Å²) in [6, 6.07) is 11.7. The number of hydrogen-bond acceptors (Lipinski definition) is 6. The summed E-state index contributed by atoms with van der Waals surface area (Å²) in [7, 11) is 1.76. The summed E-state index contributed by atoms with van der Waals surface area (Å²) < 4.78 is 18.2. The van der Waals surface area contributed by atoms with E-state index in [0.29, 0.717) is 21.8 Å². The van der Waals surface area contributed by atoms with E-state index >= 15 is 0 Å². The standard InChI is InChI=1S/C25H22BrFN6O2S/c1-12-8-22(32-33(12)3)30-19(24(29)34)11-18(28)16-6-7-17(27)23(13(16)2)31-25(35)21-9-14-4-5-15(26)10-20(14)36-21/h4-11,28H,1-3H3,(H2,29,34)(H,30,32)(H,31,35)/b19-11+,28-18?. The molecule has 0 unspecified atom stereocenters. The van der Waals surface area contributed by atoms with Gasteiger partial charge >= 0.3 is 0 Å². The number of nitrogens with two attached hydrogens (primary N) is 1. The molecule has 0 saturated carbocycles. The molecule has 11 heteroatoms. The molecule has 0 saturated heterocycles. The summed E-state index contributed by atoms with van der Waals surface area (Å²) in [6.07, 6.45) is 1.25. The quantitative estimate of drug-likeness (QED) is 0.179. The fourth-order valence-electron chi connectivity index (χ4n) is 3.57. The number of aromatic nitrogens is 2. The van der Waals surface area contributed by atoms with Crippen LogP contribution in [0.1, 0.15) is 26.5 Å². The van der Waals surface area contributed by atoms with Crippen molar-refractivity contribution in [3.63, 3.8) is 0 Å². The summed E-state index contributed by atoms with van der Waals surface area (Å²) in [4.78, 5) is 25.4. The molecule has 5 N–H and O–H groups in total. The van der Waals surface area contributed by atoms with Crippen LogP contribution >= 0.6 is 27.3 Å². The van der Waals surface area contributed by atoms with Crippen molar-refractivity contribution in [2.75, 3.05) is 10.6 Å². The molecule has 0 aliphatic heterocycles. The fraction of sp³-hybridized carbons (Fsp3) is 0.120. The second-order valence-corrected chi connectivity index (χ2v) is 10.1. The average Bonchev–Trinajstić information content (AvgIpc) is 3.37. The first kappa shape index (κ1) is 25.3. The van der Waals surface area contributed by atoms with E-state index in [1.807, 2.05) is 25.1 Å². The van der Waals surface area contributed by atoms with Gasteiger partial charge in [-0.2, -0.15) is 5.10 Å². The molecule has 184 valence electrons. The van der Waals surface area contributed by atoms with Crippen LogP contribution in [0.4, 0.5) is 15.9 Å². The molecule has 0 aliphatic rings. The number of aryl methyl sites for hydroxylation is 2. The van der Waals surface area contributed by atoms with Crippen LogP contribution < -0.4 is 16.4 Å². The number of hydrogen-bond donors (Lipinski definition) is 4. The van der Waals surface area contributed by atoms with Crippen molar-refractivity contribution in [3.05, 3.63) is 86.2 Å². The van der Waals surface area contributed by atoms with Crippen molar-refractivity contribution in [2.24, 2.45) is 12.8 Å². The van der Waals surface area contributed by atoms with Crippen LogP contribution in [-0.2, 0) is 11.8 Å². The summed E-state index contributed by atoms with van der Waals surface area (Å²) in [5.41, 5.74) is 6.84. The molecule has 4 rings (SSSR count). The highest BCUT2D eigenvalue weighted by Crippen LogP contribution is 2.30. The van der Waals surface area contributed by atoms with Gasteiger partial charge in [-0.3, -0.25) is 14.3 Å². The summed E-state index contributed by atoms with van der Waals surface area (Å²) in [6.45, 7) is 3.45. The third-order valence-electron chi connectivity index (χ3n) is 5.58. The number of carbonyl (C=O) groups is 2. The van der Waals surface area contributed by atoms with E-state index in [1.54, 1.807) is 30.8 Å². The van der Waals surface area contributed by atoms with Crippen molar-refractivity contribution in [1.29, 1.82) is 5.41 Å². The number of benzene rings is 2. The van der Waals surface area contributed by atoms with Crippen LogP contribution in [0.3, 0.4) is 0 Å². The predicted octanol–water partition coefficient (Wildman–Crippen LogP) is 5.25. The van der Waals surface area contributed by atoms with Crippen molar-refractivity contribution in [3.8, 4) is 0 Å². The van der Waals surface area contributed by atoms with Gasteiger partial charge in [0.25, 0.3) is 11.8 Å². The molecule has 2 heterocycles. The molecule has 36 heavy (non-hydrogen) atoms. The Labute approximate surface area is 218 Å². The molecule has 8 nitrogen and oxygen atoms in total. The zero-order valence-electron chi connectivity index (χ0n) is 19.6. The number of nitrogens with one attached hydrogen (secondary N) is 3. The molecule has 4 aromatic rings. The SMILES string of the molecule is Cc1c(C(=N)/C=C(/Nc2cc(C)n(C)n2)C(N)=O)ccc(F)c1NC(=O)c1cc2ccc(Br)cc2s1. The average molecular weight is 569 g/mol. The number of halogens is 2. The van der Waals surface area contributed by atoms with Gasteiger partial charge in [0.05, 0.1) is 16.3 Å². The summed E-state index contributed by atoms with van der Waals surface area (Å²) in [5.74, 6) is -1.49. The zero-order valence-corrected chi connectivity index (χ0v) is 22.0. The molecule has 2 aromatic carbocycles. The van der Waals surface area contributed by atoms with E-state index in [-0.39, 0.29) is 17.1 Å². The third kappa shape index (κ3) is 5.21. The summed E-state index contributed by atoms with van der Waals surface area (Å²) in [5, 5.41) is 19.1. The maximum Gasteiger partial charge on any atom is 0.265 e. The Balaban J connectivity index is 1.62. The number of anilines is 2. The number of amides is 2. The van der Waals surface area contributed by atoms with Gasteiger partial charge in [0.1, 0.15) is 11.5 Å². The largest absolute Gasteiger partial charge is 0.364 e. The van der Waals surface area contributed by atoms with Crippen LogP contribution in [0.2, 0.25) is 0 Å². The van der Waals surface area contributed by atoms with Gasteiger partial charge in [-0.05, 0) is 61.2 Å². The fourth-order valence-corrected chi connectivity index (χ4v) is 5.08. The van der Waals surface area contributed by atoms with E-state index < -0.39 is 17.6 Å². The maximum absolute atomic E-state index is 14.7. The van der Waals surface area contributed by atoms with Crippen molar-refractivity contribution in [2.45, 2.75) is 13.8 Å². The number of carbonyl (C=O) groups excluding carboxylic acids is 2. The highest BCUT2D eigenvalue weighted by Gasteiger charge is 2.18. The van der Waals surface area contributed by atoms with Crippen LogP contribution in [0, 0.1) is 25.1 Å². The van der Waals surface area contributed by atoms with Gasteiger partial charge in [-0.15, -0.1) is 11.3 Å². The number of allylic oxidation sites excluding steroid dienone is 1. The Hall–Kier alpha value is -3.83. The van der Waals surface area contributed by atoms with Crippen LogP contribution in [-0.4, -0.2) is 27.3 Å². The van der Waals surface area contributed by atoms with Gasteiger partial charge in [-0.25, -0.2) is 4.39 Å². The Morgan fingerprint density at radius 2 is 1.92 bits per heavy atom. The van der Waals surface area contributed by atoms with Gasteiger partial charge in [-0.1, -0.05) is 22.0 Å². The molecular weight excluding hydrogens is 547 g/mol. The molecule has 0 atom stereocenters. The number of nitrogens with zero attached hydrogens (tertiary/aromatic N) is 2. The molecule has 0 spiro atoms. The number of thiophene rings is 1. The number of primary amides is 1. The van der Waals surface area contributed by atoms with Gasteiger partial charge in [0.2, 0.25) is 0 Å². The normalized spacial score (nSPS) is 11.5. The van der Waals surface area contributed by atoms with E-state index in [4.69, 9.17) is 11.1 Å². The third-order valence-corrected chi connectivity index (χ3v) is 7.17. The minimum atomic E-state index is -0.784.